The Labute approximate surface area is 120 Å². The molecule has 0 spiro atoms. The van der Waals surface area contributed by atoms with Gasteiger partial charge in [-0.3, -0.25) is 4.79 Å². The smallest absolute Gasteiger partial charge is 0.336 e. The van der Waals surface area contributed by atoms with Crippen LogP contribution in [-0.2, 0) is 9.53 Å². The number of hydrogen-bond acceptors (Lipinski definition) is 5. The fourth-order valence-corrected chi connectivity index (χ4v) is 2.18. The normalized spacial score (nSPS) is 15.1. The molecule has 1 saturated heterocycles. The Bertz CT molecular complexity index is 703. The van der Waals surface area contributed by atoms with Crippen LogP contribution in [0, 0.1) is 0 Å². The minimum Gasteiger partial charge on any atom is -0.484 e. The first-order chi connectivity index (χ1) is 10.2. The third-order valence-electron chi connectivity index (χ3n) is 3.32. The maximum atomic E-state index is 12.0. The molecule has 3 rings (SSSR count). The van der Waals surface area contributed by atoms with E-state index in [0.717, 1.165) is 5.39 Å². The number of morpholine rings is 1. The average molecular weight is 289 g/mol. The molecule has 1 aromatic carbocycles. The topological polar surface area (TPSA) is 69.0 Å². The summed E-state index contributed by atoms with van der Waals surface area (Å²) in [6, 6.07) is 8.19. The number of hydrogen-bond donors (Lipinski definition) is 0. The molecule has 2 aromatic rings. The lowest BCUT2D eigenvalue weighted by molar-refractivity contribution is -0.137. The van der Waals surface area contributed by atoms with Gasteiger partial charge < -0.3 is 18.8 Å². The van der Waals surface area contributed by atoms with Gasteiger partial charge in [-0.2, -0.15) is 0 Å². The number of amides is 1. The van der Waals surface area contributed by atoms with Crippen LogP contribution in [0.3, 0.4) is 0 Å². The summed E-state index contributed by atoms with van der Waals surface area (Å²) in [5.74, 6) is 0.423. The summed E-state index contributed by atoms with van der Waals surface area (Å²) in [4.78, 5) is 24.9. The van der Waals surface area contributed by atoms with Crippen molar-refractivity contribution >= 4 is 16.9 Å². The monoisotopic (exact) mass is 289 g/mol. The molecule has 6 heteroatoms. The molecular weight excluding hydrogens is 274 g/mol. The van der Waals surface area contributed by atoms with Crippen molar-refractivity contribution in [3.63, 3.8) is 0 Å². The maximum absolute atomic E-state index is 12.0. The Hall–Kier alpha value is -2.34. The zero-order valence-corrected chi connectivity index (χ0v) is 11.4. The lowest BCUT2D eigenvalue weighted by atomic mass is 10.2. The van der Waals surface area contributed by atoms with E-state index in [2.05, 4.69) is 0 Å². The van der Waals surface area contributed by atoms with Crippen LogP contribution in [0.5, 0.6) is 5.75 Å². The first kappa shape index (κ1) is 13.6. The number of nitrogens with zero attached hydrogens (tertiary/aromatic N) is 1. The molecule has 0 radical (unpaired) electrons. The second-order valence-electron chi connectivity index (χ2n) is 4.74. The SMILES string of the molecule is O=C(COc1ccc2ccc(=O)oc2c1)N1CCOCC1. The van der Waals surface area contributed by atoms with Gasteiger partial charge in [0.1, 0.15) is 11.3 Å². The van der Waals surface area contributed by atoms with E-state index in [1.54, 1.807) is 29.2 Å². The molecule has 1 aliphatic heterocycles. The van der Waals surface area contributed by atoms with Crippen LogP contribution < -0.4 is 10.4 Å². The van der Waals surface area contributed by atoms with Gasteiger partial charge in [0.2, 0.25) is 0 Å². The van der Waals surface area contributed by atoms with Crippen molar-refractivity contribution in [3.05, 3.63) is 40.8 Å². The highest BCUT2D eigenvalue weighted by Gasteiger charge is 2.17. The van der Waals surface area contributed by atoms with Gasteiger partial charge in [0.15, 0.2) is 6.61 Å². The zero-order chi connectivity index (χ0) is 14.7. The fraction of sp³-hybridized carbons (Fsp3) is 0.333. The van der Waals surface area contributed by atoms with Crippen LogP contribution in [-0.4, -0.2) is 43.7 Å². The molecule has 0 aliphatic carbocycles. The Kier molecular flexibility index (Phi) is 3.87. The number of carbonyl (C=O) groups excluding carboxylic acids is 1. The summed E-state index contributed by atoms with van der Waals surface area (Å²) in [5.41, 5.74) is 0.0304. The van der Waals surface area contributed by atoms with Gasteiger partial charge in [-0.25, -0.2) is 4.79 Å². The molecule has 0 N–H and O–H groups in total. The van der Waals surface area contributed by atoms with Gasteiger partial charge in [0.25, 0.3) is 5.91 Å². The first-order valence-corrected chi connectivity index (χ1v) is 6.74. The number of carbonyl (C=O) groups is 1. The summed E-state index contributed by atoms with van der Waals surface area (Å²) in [7, 11) is 0. The second-order valence-corrected chi connectivity index (χ2v) is 4.74. The van der Waals surface area contributed by atoms with E-state index in [9.17, 15) is 9.59 Å². The van der Waals surface area contributed by atoms with E-state index in [4.69, 9.17) is 13.9 Å². The van der Waals surface area contributed by atoms with Gasteiger partial charge in [0.05, 0.1) is 13.2 Å². The van der Waals surface area contributed by atoms with E-state index in [0.29, 0.717) is 37.6 Å². The predicted octanol–water partition coefficient (Wildman–Crippen LogP) is 1.03. The van der Waals surface area contributed by atoms with Gasteiger partial charge in [-0.15, -0.1) is 0 Å². The first-order valence-electron chi connectivity index (χ1n) is 6.74. The molecule has 6 nitrogen and oxygen atoms in total. The third-order valence-corrected chi connectivity index (χ3v) is 3.32. The minimum absolute atomic E-state index is 0.0391. The molecule has 0 bridgehead atoms. The van der Waals surface area contributed by atoms with Crippen molar-refractivity contribution in [3.8, 4) is 5.75 Å². The van der Waals surface area contributed by atoms with Gasteiger partial charge in [0, 0.05) is 30.6 Å². The molecule has 110 valence electrons. The highest BCUT2D eigenvalue weighted by molar-refractivity contribution is 5.79. The van der Waals surface area contributed by atoms with Crippen LogP contribution in [0.1, 0.15) is 0 Å². The van der Waals surface area contributed by atoms with E-state index in [1.165, 1.54) is 6.07 Å². The Morgan fingerprint density at radius 1 is 1.19 bits per heavy atom. The van der Waals surface area contributed by atoms with E-state index in [-0.39, 0.29) is 12.5 Å². The van der Waals surface area contributed by atoms with Crippen molar-refractivity contribution in [2.24, 2.45) is 0 Å². The molecule has 1 aliphatic rings. The lowest BCUT2D eigenvalue weighted by Gasteiger charge is -2.26. The average Bonchev–Trinajstić information content (AvgIpc) is 2.53. The molecular formula is C15H15NO5. The van der Waals surface area contributed by atoms with Gasteiger partial charge in [-0.05, 0) is 18.2 Å². The summed E-state index contributed by atoms with van der Waals surface area (Å²) in [5, 5.41) is 0.807. The van der Waals surface area contributed by atoms with Crippen LogP contribution in [0.2, 0.25) is 0 Å². The van der Waals surface area contributed by atoms with Crippen LogP contribution in [0.4, 0.5) is 0 Å². The highest BCUT2D eigenvalue weighted by Crippen LogP contribution is 2.19. The van der Waals surface area contributed by atoms with Crippen LogP contribution >= 0.6 is 0 Å². The summed E-state index contributed by atoms with van der Waals surface area (Å²) in [6.07, 6.45) is 0. The summed E-state index contributed by atoms with van der Waals surface area (Å²) in [6.45, 7) is 2.27. The standard InChI is InChI=1S/C15H15NO5/c17-14(16-5-7-19-8-6-16)10-20-12-3-1-11-2-4-15(18)21-13(11)9-12/h1-4,9H,5-8,10H2. The number of fused-ring (bicyclic) bond motifs is 1. The Morgan fingerprint density at radius 2 is 1.95 bits per heavy atom. The van der Waals surface area contributed by atoms with E-state index >= 15 is 0 Å². The fourth-order valence-electron chi connectivity index (χ4n) is 2.18. The van der Waals surface area contributed by atoms with E-state index < -0.39 is 5.63 Å². The minimum atomic E-state index is -0.413. The van der Waals surface area contributed by atoms with Crippen LogP contribution in [0.25, 0.3) is 11.0 Å². The van der Waals surface area contributed by atoms with Gasteiger partial charge in [-0.1, -0.05) is 0 Å². The number of rotatable bonds is 3. The van der Waals surface area contributed by atoms with Gasteiger partial charge >= 0.3 is 5.63 Å². The Morgan fingerprint density at radius 3 is 2.76 bits per heavy atom. The summed E-state index contributed by atoms with van der Waals surface area (Å²) < 4.78 is 15.7. The molecule has 0 saturated carbocycles. The second kappa shape index (κ2) is 5.97. The third kappa shape index (κ3) is 3.22. The molecule has 0 atom stereocenters. The summed E-state index contributed by atoms with van der Waals surface area (Å²) >= 11 is 0. The predicted molar refractivity (Wildman–Crippen MR) is 75.4 cm³/mol. The molecule has 0 unspecified atom stereocenters. The maximum Gasteiger partial charge on any atom is 0.336 e. The molecule has 1 aromatic heterocycles. The highest BCUT2D eigenvalue weighted by atomic mass is 16.5. The van der Waals surface area contributed by atoms with E-state index in [1.807, 2.05) is 0 Å². The zero-order valence-electron chi connectivity index (χ0n) is 11.4. The lowest BCUT2D eigenvalue weighted by Crippen LogP contribution is -2.42. The van der Waals surface area contributed by atoms with Crippen LogP contribution in [0.15, 0.2) is 39.5 Å². The quantitative estimate of drug-likeness (QED) is 0.789. The molecule has 1 fully saturated rings. The van der Waals surface area contributed by atoms with Crippen molar-refractivity contribution in [2.75, 3.05) is 32.9 Å². The van der Waals surface area contributed by atoms with Crippen molar-refractivity contribution in [2.45, 2.75) is 0 Å². The molecule has 1 amide bonds. The number of benzene rings is 1. The van der Waals surface area contributed by atoms with Crippen molar-refractivity contribution < 1.29 is 18.7 Å². The number of ether oxygens (including phenoxy) is 2. The molecule has 2 heterocycles. The largest absolute Gasteiger partial charge is 0.484 e. The molecule has 21 heavy (non-hydrogen) atoms. The Balaban J connectivity index is 1.67. The van der Waals surface area contributed by atoms with Crippen molar-refractivity contribution in [1.29, 1.82) is 0 Å². The van der Waals surface area contributed by atoms with Crippen molar-refractivity contribution in [1.82, 2.24) is 4.90 Å².